The van der Waals surface area contributed by atoms with Crippen LogP contribution >= 0.6 is 0 Å². The molecule has 0 spiro atoms. The second-order valence-corrected chi connectivity index (χ2v) is 3.27. The van der Waals surface area contributed by atoms with Gasteiger partial charge in [0, 0.05) is 25.2 Å². The first-order valence-corrected chi connectivity index (χ1v) is 4.87. The second-order valence-electron chi connectivity index (χ2n) is 3.27. The van der Waals surface area contributed by atoms with Gasteiger partial charge in [0.25, 0.3) is 0 Å². The molecule has 78 valence electrons. The van der Waals surface area contributed by atoms with Gasteiger partial charge in [-0.2, -0.15) is 5.10 Å². The third-order valence-corrected chi connectivity index (χ3v) is 2.07. The molecule has 0 aromatic carbocycles. The molecule has 5 nitrogen and oxygen atoms in total. The zero-order chi connectivity index (χ0) is 10.5. The third kappa shape index (κ3) is 2.60. The Morgan fingerprint density at radius 2 is 2.07 bits per heavy atom. The van der Waals surface area contributed by atoms with Gasteiger partial charge in [0.05, 0.1) is 0 Å². The molecule has 2 rings (SSSR count). The second kappa shape index (κ2) is 4.65. The van der Waals surface area contributed by atoms with Crippen LogP contribution in [0.25, 0.3) is 0 Å². The molecule has 0 amide bonds. The van der Waals surface area contributed by atoms with E-state index in [-0.39, 0.29) is 0 Å². The molecule has 0 aliphatic carbocycles. The van der Waals surface area contributed by atoms with Crippen LogP contribution in [0.15, 0.2) is 24.5 Å². The summed E-state index contributed by atoms with van der Waals surface area (Å²) in [6.07, 6.45) is 5.01. The molecule has 15 heavy (non-hydrogen) atoms. The molecule has 2 aromatic heterocycles. The number of nitrogens with two attached hydrogens (primary N) is 1. The Morgan fingerprint density at radius 3 is 2.80 bits per heavy atom. The average Bonchev–Trinajstić information content (AvgIpc) is 2.68. The number of aromatic nitrogens is 4. The van der Waals surface area contributed by atoms with Crippen LogP contribution in [0.1, 0.15) is 17.2 Å². The summed E-state index contributed by atoms with van der Waals surface area (Å²) in [5.41, 5.74) is 6.59. The predicted octanol–water partition coefficient (Wildman–Crippen LogP) is 0.292. The van der Waals surface area contributed by atoms with Gasteiger partial charge in [-0.25, -0.2) is 4.98 Å². The summed E-state index contributed by atoms with van der Waals surface area (Å²) in [5, 5.41) is 6.97. The van der Waals surface area contributed by atoms with E-state index in [0.29, 0.717) is 13.0 Å². The van der Waals surface area contributed by atoms with Crippen LogP contribution < -0.4 is 5.73 Å². The molecule has 0 saturated heterocycles. The van der Waals surface area contributed by atoms with Gasteiger partial charge in [-0.05, 0) is 24.2 Å². The number of rotatable bonds is 4. The highest BCUT2D eigenvalue weighted by Crippen LogP contribution is 2.03. The van der Waals surface area contributed by atoms with Gasteiger partial charge < -0.3 is 5.73 Å². The Hall–Kier alpha value is -1.75. The zero-order valence-corrected chi connectivity index (χ0v) is 8.35. The molecular weight excluding hydrogens is 190 g/mol. The van der Waals surface area contributed by atoms with Crippen LogP contribution in [0.5, 0.6) is 0 Å². The van der Waals surface area contributed by atoms with Crippen molar-refractivity contribution in [3.8, 4) is 0 Å². The topological polar surface area (TPSA) is 80.5 Å². The van der Waals surface area contributed by atoms with Crippen molar-refractivity contribution in [3.63, 3.8) is 0 Å². The molecule has 0 unspecified atom stereocenters. The van der Waals surface area contributed by atoms with Crippen LogP contribution in [0.2, 0.25) is 0 Å². The highest BCUT2D eigenvalue weighted by molar-refractivity contribution is 5.15. The van der Waals surface area contributed by atoms with Crippen molar-refractivity contribution in [1.29, 1.82) is 0 Å². The van der Waals surface area contributed by atoms with Crippen molar-refractivity contribution in [2.75, 3.05) is 6.54 Å². The van der Waals surface area contributed by atoms with Crippen LogP contribution in [-0.4, -0.2) is 26.7 Å². The van der Waals surface area contributed by atoms with Crippen LogP contribution in [0.4, 0.5) is 0 Å². The number of H-pyrrole nitrogens is 1. The maximum Gasteiger partial charge on any atom is 0.151 e. The van der Waals surface area contributed by atoms with E-state index in [0.717, 1.165) is 18.1 Å². The molecule has 0 aliphatic heterocycles. The number of nitrogens with one attached hydrogen (secondary N) is 1. The smallest absolute Gasteiger partial charge is 0.151 e. The van der Waals surface area contributed by atoms with E-state index in [4.69, 9.17) is 5.73 Å². The van der Waals surface area contributed by atoms with E-state index < -0.39 is 0 Å². The van der Waals surface area contributed by atoms with Crippen LogP contribution in [0.3, 0.4) is 0 Å². The summed E-state index contributed by atoms with van der Waals surface area (Å²) in [4.78, 5) is 8.29. The molecule has 5 heteroatoms. The van der Waals surface area contributed by atoms with Crippen molar-refractivity contribution < 1.29 is 0 Å². The largest absolute Gasteiger partial charge is 0.330 e. The first-order chi connectivity index (χ1) is 7.38. The minimum Gasteiger partial charge on any atom is -0.330 e. The van der Waals surface area contributed by atoms with Gasteiger partial charge >= 0.3 is 0 Å². The van der Waals surface area contributed by atoms with Crippen LogP contribution in [-0.2, 0) is 12.8 Å². The Morgan fingerprint density at radius 1 is 1.27 bits per heavy atom. The zero-order valence-electron chi connectivity index (χ0n) is 8.35. The average molecular weight is 203 g/mol. The van der Waals surface area contributed by atoms with E-state index in [2.05, 4.69) is 20.2 Å². The minimum atomic E-state index is 0.576. The highest BCUT2D eigenvalue weighted by Gasteiger charge is 2.02. The number of hydrogen-bond acceptors (Lipinski definition) is 4. The summed E-state index contributed by atoms with van der Waals surface area (Å²) in [5.74, 6) is 1.64. The van der Waals surface area contributed by atoms with E-state index in [9.17, 15) is 0 Å². The van der Waals surface area contributed by atoms with Gasteiger partial charge in [0.15, 0.2) is 5.82 Å². The van der Waals surface area contributed by atoms with Gasteiger partial charge in [0.1, 0.15) is 5.82 Å². The van der Waals surface area contributed by atoms with Crippen molar-refractivity contribution in [3.05, 3.63) is 41.7 Å². The monoisotopic (exact) mass is 203 g/mol. The predicted molar refractivity (Wildman–Crippen MR) is 56.2 cm³/mol. The van der Waals surface area contributed by atoms with Crippen molar-refractivity contribution >= 4 is 0 Å². The molecule has 0 atom stereocenters. The molecule has 2 heterocycles. The molecule has 0 bridgehead atoms. The van der Waals surface area contributed by atoms with E-state index in [1.807, 2.05) is 12.1 Å². The fourth-order valence-corrected chi connectivity index (χ4v) is 1.35. The number of hydrogen-bond donors (Lipinski definition) is 2. The highest BCUT2D eigenvalue weighted by atomic mass is 15.2. The molecule has 3 N–H and O–H groups in total. The number of nitrogens with zero attached hydrogens (tertiary/aromatic N) is 3. The molecule has 0 fully saturated rings. The first-order valence-electron chi connectivity index (χ1n) is 4.87. The Bertz CT molecular complexity index is 409. The molecule has 0 saturated carbocycles. The molecular formula is C10H13N5. The standard InChI is InChI=1S/C10H13N5/c11-4-1-9-13-10(15-14-9)7-8-2-5-12-6-3-8/h2-3,5-6H,1,4,7,11H2,(H,13,14,15). The molecule has 2 aromatic rings. The first kappa shape index (κ1) is 9.79. The lowest BCUT2D eigenvalue weighted by Crippen LogP contribution is -2.04. The fourth-order valence-electron chi connectivity index (χ4n) is 1.35. The number of aromatic amines is 1. The van der Waals surface area contributed by atoms with E-state index >= 15 is 0 Å². The lowest BCUT2D eigenvalue weighted by Gasteiger charge is -1.95. The summed E-state index contributed by atoms with van der Waals surface area (Å²) >= 11 is 0. The molecule has 0 radical (unpaired) electrons. The normalized spacial score (nSPS) is 10.5. The minimum absolute atomic E-state index is 0.576. The Labute approximate surface area is 87.8 Å². The van der Waals surface area contributed by atoms with Crippen molar-refractivity contribution in [2.45, 2.75) is 12.8 Å². The summed E-state index contributed by atoms with van der Waals surface area (Å²) in [6, 6.07) is 3.93. The summed E-state index contributed by atoms with van der Waals surface area (Å²) in [6.45, 7) is 0.576. The van der Waals surface area contributed by atoms with Gasteiger partial charge in [-0.1, -0.05) is 0 Å². The summed E-state index contributed by atoms with van der Waals surface area (Å²) in [7, 11) is 0. The SMILES string of the molecule is NCCc1n[nH]c(Cc2ccncc2)n1. The third-order valence-electron chi connectivity index (χ3n) is 2.07. The Balaban J connectivity index is 2.05. The van der Waals surface area contributed by atoms with Gasteiger partial charge in [-0.3, -0.25) is 10.1 Å². The maximum atomic E-state index is 5.42. The maximum absolute atomic E-state index is 5.42. The quantitative estimate of drug-likeness (QED) is 0.748. The Kier molecular flexibility index (Phi) is 3.04. The van der Waals surface area contributed by atoms with E-state index in [1.165, 1.54) is 5.56 Å². The van der Waals surface area contributed by atoms with E-state index in [1.54, 1.807) is 12.4 Å². The summed E-state index contributed by atoms with van der Waals surface area (Å²) < 4.78 is 0. The van der Waals surface area contributed by atoms with Gasteiger partial charge in [-0.15, -0.1) is 0 Å². The molecule has 0 aliphatic rings. The lowest BCUT2D eigenvalue weighted by atomic mass is 10.2. The number of pyridine rings is 1. The van der Waals surface area contributed by atoms with Gasteiger partial charge in [0.2, 0.25) is 0 Å². The van der Waals surface area contributed by atoms with Crippen molar-refractivity contribution in [1.82, 2.24) is 20.2 Å². The van der Waals surface area contributed by atoms with Crippen LogP contribution in [0, 0.1) is 0 Å². The lowest BCUT2D eigenvalue weighted by molar-refractivity contribution is 0.874. The fraction of sp³-hybridized carbons (Fsp3) is 0.300. The van der Waals surface area contributed by atoms with Crippen molar-refractivity contribution in [2.24, 2.45) is 5.73 Å².